The van der Waals surface area contributed by atoms with Crippen LogP contribution in [0.15, 0.2) is 113 Å². The summed E-state index contributed by atoms with van der Waals surface area (Å²) in [5.41, 5.74) is 19.6. The number of carboxylic acids is 6. The minimum Gasteiger partial charge on any atom is -0.493 e. The van der Waals surface area contributed by atoms with Gasteiger partial charge in [0.15, 0.2) is 34.5 Å². The lowest BCUT2D eigenvalue weighted by Gasteiger charge is -2.24. The topological polar surface area (TPSA) is 391 Å². The third-order valence-electron chi connectivity index (χ3n) is 25.0. The van der Waals surface area contributed by atoms with Crippen LogP contribution in [0, 0.1) is 11.8 Å². The van der Waals surface area contributed by atoms with Gasteiger partial charge in [0.1, 0.15) is 29.5 Å². The smallest absolute Gasteiger partial charge is 0.347 e. The Balaban J connectivity index is 0.000000202. The first kappa shape index (κ1) is 110. The maximum Gasteiger partial charge on any atom is 0.347 e. The Bertz CT molecular complexity index is 5290. The van der Waals surface area contributed by atoms with Crippen molar-refractivity contribution in [1.82, 2.24) is 0 Å². The molecule has 0 radical (unpaired) electrons. The molecule has 8 N–H and O–H groups in total. The minimum atomic E-state index is -1.31. The Labute approximate surface area is 812 Å². The molecule has 137 heavy (non-hydrogen) atoms. The molecule has 0 aromatic heterocycles. The van der Waals surface area contributed by atoms with Crippen molar-refractivity contribution >= 4 is 87.9 Å². The summed E-state index contributed by atoms with van der Waals surface area (Å²) in [4.78, 5) is 125. The fourth-order valence-corrected chi connectivity index (χ4v) is 18.2. The van der Waals surface area contributed by atoms with Gasteiger partial charge in [-0.05, 0) is 257 Å². The fourth-order valence-electron chi connectivity index (χ4n) is 17.4. The van der Waals surface area contributed by atoms with Gasteiger partial charge in [0, 0.05) is 108 Å². The molecule has 0 spiro atoms. The highest BCUT2D eigenvalue weighted by Crippen LogP contribution is 2.39. The molecule has 738 valence electrons. The number of ether oxygens (including phenoxy) is 4. The number of carbonyl (C=O) groups is 11. The number of benzene rings is 7. The maximum absolute atomic E-state index is 12.0. The van der Waals surface area contributed by atoms with E-state index < -0.39 is 41.4 Å². The van der Waals surface area contributed by atoms with Gasteiger partial charge in [-0.3, -0.25) is 47.9 Å². The maximum atomic E-state index is 12.0. The third-order valence-corrected chi connectivity index (χ3v) is 26.1. The van der Waals surface area contributed by atoms with E-state index in [4.69, 9.17) is 49.7 Å². The number of hydrogen-bond acceptors (Lipinski definition) is 19. The minimum absolute atomic E-state index is 0.0505. The van der Waals surface area contributed by atoms with Gasteiger partial charge in [0.05, 0.1) is 31.3 Å². The summed E-state index contributed by atoms with van der Waals surface area (Å²) in [6, 6.07) is 34.0. The van der Waals surface area contributed by atoms with Gasteiger partial charge in [-0.15, -0.1) is 23.6 Å². The van der Waals surface area contributed by atoms with Crippen LogP contribution in [0.2, 0.25) is 0 Å². The lowest BCUT2D eigenvalue weighted by atomic mass is 9.99. The lowest BCUT2D eigenvalue weighted by molar-refractivity contribution is -0.152. The molecule has 13 rings (SSSR count). The van der Waals surface area contributed by atoms with Gasteiger partial charge < -0.3 is 60.1 Å². The SMILES string of the molecule is CCC#CCCc1cc2c(cc1OCCCC(=O)O)C(=O)CC2.CCCCCCc1cc2c(cc1NCC(=O)O)C(=O)CC2.CCCCCCc1cc2c(cc1OC(C)(C)C(=O)O)C(=O)CC2.CCCCCCc1cc2c(cc1OCCCC(=O)O)/C(=N/O)CC2.CCCCCCc1cc2c(cc1SCC(=O)O)C(=O)CC2.O=C(O)CCCOc1cc2c(cc1CCc1ccccc1)CCC2=O. The normalized spacial score (nSPS) is 13.5. The van der Waals surface area contributed by atoms with Gasteiger partial charge in [-0.2, -0.15) is 0 Å². The van der Waals surface area contributed by atoms with Crippen molar-refractivity contribution in [2.75, 3.05) is 37.4 Å². The van der Waals surface area contributed by atoms with Gasteiger partial charge >= 0.3 is 35.8 Å². The molecule has 0 unspecified atom stereocenters. The number of thioether (sulfide) groups is 1. The quantitative estimate of drug-likeness (QED) is 0.00577. The number of unbranched alkanes of at least 4 members (excludes halogenated alkanes) is 12. The monoisotopic (exact) mass is 1900 g/mol. The van der Waals surface area contributed by atoms with Crippen molar-refractivity contribution in [1.29, 1.82) is 0 Å². The first-order valence-corrected chi connectivity index (χ1v) is 50.5. The number of fused-ring (bicyclic) bond motifs is 6. The number of Topliss-reactive ketones (excluding diaryl/α,β-unsaturated/α-hetero) is 5. The van der Waals surface area contributed by atoms with Crippen molar-refractivity contribution in [3.63, 3.8) is 0 Å². The molecule has 6 aliphatic carbocycles. The van der Waals surface area contributed by atoms with Crippen LogP contribution < -0.4 is 24.3 Å². The molecule has 0 atom stereocenters. The number of nitrogens with one attached hydrogen (secondary N) is 1. The summed E-state index contributed by atoms with van der Waals surface area (Å²) >= 11 is 1.34. The molecule has 25 heteroatoms. The predicted octanol–water partition coefficient (Wildman–Crippen LogP) is 23.2. The molecule has 0 aliphatic heterocycles. The number of rotatable bonds is 49. The van der Waals surface area contributed by atoms with E-state index in [1.807, 2.05) is 61.5 Å². The average molecular weight is 1900 g/mol. The summed E-state index contributed by atoms with van der Waals surface area (Å²) < 4.78 is 23.2. The second-order valence-electron chi connectivity index (χ2n) is 36.2. The molecule has 24 nitrogen and oxygen atoms in total. The van der Waals surface area contributed by atoms with E-state index in [-0.39, 0.29) is 60.5 Å². The second kappa shape index (κ2) is 58.6. The Morgan fingerprint density at radius 3 is 1.15 bits per heavy atom. The van der Waals surface area contributed by atoms with Crippen LogP contribution in [-0.2, 0) is 112 Å². The molecular weight excluding hydrogens is 1760 g/mol. The molecule has 7 aromatic rings. The van der Waals surface area contributed by atoms with E-state index in [0.717, 1.165) is 235 Å². The van der Waals surface area contributed by atoms with Crippen molar-refractivity contribution in [2.45, 2.75) is 335 Å². The van der Waals surface area contributed by atoms with Crippen LogP contribution in [0.3, 0.4) is 0 Å². The summed E-state index contributed by atoms with van der Waals surface area (Å²) in [7, 11) is 0. The Morgan fingerprint density at radius 1 is 0.372 bits per heavy atom. The fraction of sp³-hybridized carbons (Fsp3) is 0.500. The average Bonchev–Trinajstić information content (AvgIpc) is 1.71. The standard InChI is InChI=1S/C21H22O4.C19H27NO4.C19H26O4.C19H22O4.C17H23NO3.C17H22O3S/c22-19-11-10-16-13-17(9-8-15-5-2-1-3-6-15)20(14-18(16)19)25-12-4-7-21(23)24;1-2-3-4-5-7-15-12-14-9-10-17(20-23)16(14)13-18(15)24-11-6-8-19(21)22;1-4-5-6-7-8-14-11-13-9-10-16(20)15(13)12-17(14)23-19(2,3)18(21)22;1-2-3-4-5-7-15-12-14-9-10-17(20)16(14)13-18(15)23-11-6-8-19(21)22;1-2-3-4-5-6-13-9-12-7-8-16(19)14(12)10-15(13)18-11-17(20)21;1-2-3-4-5-6-13-9-12-7-8-15(18)14(12)10-16(13)21-11-17(19)20/h1-3,5-6,13-14H,4,7-12H2,(H,23,24);12-13,23H,2-11H2,1H3,(H,21,22);11-12H,4-10H2,1-3H3,(H,21,22);12-13H,2,5-11H2,1H3,(H,21,22);9-10,18H,2-8,11H2,1H3,(H,20,21);9-10H,2-8,11H2,1H3,(H,19,20)/b;20-17+;;;;. The summed E-state index contributed by atoms with van der Waals surface area (Å²) in [6.07, 6.45) is 36.8. The number of ketones is 5. The van der Waals surface area contributed by atoms with E-state index in [2.05, 4.69) is 92.5 Å². The van der Waals surface area contributed by atoms with Crippen LogP contribution >= 0.6 is 11.8 Å². The van der Waals surface area contributed by atoms with Crippen LogP contribution in [0.5, 0.6) is 23.0 Å². The predicted molar refractivity (Wildman–Crippen MR) is 534 cm³/mol. The lowest BCUT2D eigenvalue weighted by Crippen LogP contribution is -2.38. The third kappa shape index (κ3) is 36.5. The number of carbonyl (C=O) groups excluding carboxylic acids is 5. The number of nitrogens with zero attached hydrogens (tertiary/aromatic N) is 1. The van der Waals surface area contributed by atoms with Gasteiger partial charge in [0.2, 0.25) is 0 Å². The first-order valence-electron chi connectivity index (χ1n) is 49.6. The molecule has 0 amide bonds. The van der Waals surface area contributed by atoms with Crippen molar-refractivity contribution in [2.24, 2.45) is 5.16 Å². The van der Waals surface area contributed by atoms with Crippen LogP contribution in [0.4, 0.5) is 5.69 Å². The zero-order chi connectivity index (χ0) is 99.2. The van der Waals surface area contributed by atoms with E-state index in [1.165, 1.54) is 118 Å². The number of aliphatic carboxylic acids is 6. The highest BCUT2D eigenvalue weighted by molar-refractivity contribution is 8.00. The Morgan fingerprint density at radius 2 is 0.737 bits per heavy atom. The largest absolute Gasteiger partial charge is 0.493 e. The Hall–Kier alpha value is -11.9. The second-order valence-corrected chi connectivity index (χ2v) is 37.3. The van der Waals surface area contributed by atoms with Crippen molar-refractivity contribution in [3.05, 3.63) is 209 Å². The molecule has 0 bridgehead atoms. The number of hydrogen-bond donors (Lipinski definition) is 8. The molecule has 0 fully saturated rings. The molecule has 6 aliphatic rings. The highest BCUT2D eigenvalue weighted by atomic mass is 32.2. The number of aryl methyl sites for hydroxylation is 13. The molecule has 7 aromatic carbocycles. The zero-order valence-corrected chi connectivity index (χ0v) is 82.2. The van der Waals surface area contributed by atoms with Crippen molar-refractivity contribution < 1.29 is 108 Å². The molecule has 0 heterocycles. The molecule has 0 saturated carbocycles. The summed E-state index contributed by atoms with van der Waals surface area (Å²) in [5.74, 6) is 4.62. The van der Waals surface area contributed by atoms with Gasteiger partial charge in [-0.1, -0.05) is 184 Å². The van der Waals surface area contributed by atoms with Gasteiger partial charge in [0.25, 0.3) is 0 Å². The number of carboxylic acid groups (broad SMARTS) is 6. The Kier molecular flexibility index (Phi) is 47.2. The molecule has 0 saturated heterocycles. The van der Waals surface area contributed by atoms with Crippen LogP contribution in [0.1, 0.15) is 371 Å². The number of oxime groups is 1. The van der Waals surface area contributed by atoms with E-state index in [0.29, 0.717) is 94.0 Å². The summed E-state index contributed by atoms with van der Waals surface area (Å²) in [6.45, 7) is 14.8. The van der Waals surface area contributed by atoms with E-state index >= 15 is 0 Å². The first-order chi connectivity index (χ1) is 66.0. The van der Waals surface area contributed by atoms with Crippen LogP contribution in [-0.4, -0.2) is 144 Å². The van der Waals surface area contributed by atoms with E-state index in [9.17, 15) is 57.8 Å². The highest BCUT2D eigenvalue weighted by Gasteiger charge is 2.33. The van der Waals surface area contributed by atoms with E-state index in [1.54, 1.807) is 6.07 Å². The molecular formula is C112H142N2O22S. The summed E-state index contributed by atoms with van der Waals surface area (Å²) in [5, 5.41) is 68.6. The van der Waals surface area contributed by atoms with Gasteiger partial charge in [-0.25, -0.2) is 4.79 Å². The number of anilines is 1. The zero-order valence-electron chi connectivity index (χ0n) is 81.4. The van der Waals surface area contributed by atoms with Crippen molar-refractivity contribution in [3.8, 4) is 34.8 Å². The van der Waals surface area contributed by atoms with Crippen LogP contribution in [0.25, 0.3) is 0 Å².